The summed E-state index contributed by atoms with van der Waals surface area (Å²) in [6.45, 7) is 0. The zero-order valence-corrected chi connectivity index (χ0v) is 20.4. The third-order valence-corrected chi connectivity index (χ3v) is 6.41. The minimum absolute atomic E-state index is 0.0383. The molecule has 0 spiro atoms. The average Bonchev–Trinajstić information content (AvgIpc) is 3.41. The van der Waals surface area contributed by atoms with Gasteiger partial charge in [0.15, 0.2) is 0 Å². The molecule has 0 aliphatic carbocycles. The molecule has 1 unspecified atom stereocenters. The molecule has 2 N–H and O–H groups in total. The smallest absolute Gasteiger partial charge is 0.302 e. The Labute approximate surface area is 208 Å². The number of H-pyrrole nitrogens is 1. The van der Waals surface area contributed by atoms with E-state index >= 15 is 0 Å². The Bertz CT molecular complexity index is 1490. The normalized spacial score (nSPS) is 17.2. The number of fused-ring (bicyclic) bond motifs is 1. The average molecular weight is 534 g/mol. The van der Waals surface area contributed by atoms with Gasteiger partial charge in [-0.2, -0.15) is 0 Å². The molecule has 4 aromatic rings. The molecule has 35 heavy (non-hydrogen) atoms. The molecule has 1 fully saturated rings. The Hall–Kier alpha value is -4.11. The van der Waals surface area contributed by atoms with E-state index in [1.165, 1.54) is 12.0 Å². The van der Waals surface area contributed by atoms with Crippen molar-refractivity contribution in [2.75, 3.05) is 19.1 Å². The number of benzene rings is 3. The van der Waals surface area contributed by atoms with Crippen LogP contribution in [0.3, 0.4) is 0 Å². The van der Waals surface area contributed by atoms with Gasteiger partial charge in [0.2, 0.25) is 5.95 Å². The molecule has 1 atom stereocenters. The maximum atomic E-state index is 13.4. The highest BCUT2D eigenvalue weighted by Crippen LogP contribution is 2.42. The summed E-state index contributed by atoms with van der Waals surface area (Å²) >= 11 is 3.37. The number of methoxy groups -OCH3 is 2. The number of aromatic nitrogens is 2. The number of carbonyl (C=O) groups is 2. The summed E-state index contributed by atoms with van der Waals surface area (Å²) in [5.41, 5.74) is 2.19. The Morgan fingerprint density at radius 3 is 2.43 bits per heavy atom. The number of ketones is 1. The number of hydrogen-bond donors (Lipinski definition) is 2. The number of nitrogens with zero attached hydrogens (tertiary/aromatic N) is 2. The second-order valence-corrected chi connectivity index (χ2v) is 8.81. The topological polar surface area (TPSA) is 105 Å². The molecule has 0 radical (unpaired) electrons. The van der Waals surface area contributed by atoms with Crippen LogP contribution in [0.5, 0.6) is 11.5 Å². The molecule has 176 valence electrons. The Kier molecular flexibility index (Phi) is 5.78. The molecular weight excluding hydrogens is 514 g/mol. The van der Waals surface area contributed by atoms with Gasteiger partial charge in [-0.15, -0.1) is 0 Å². The zero-order chi connectivity index (χ0) is 24.7. The van der Waals surface area contributed by atoms with Crippen LogP contribution >= 0.6 is 15.9 Å². The van der Waals surface area contributed by atoms with Gasteiger partial charge in [0.25, 0.3) is 5.78 Å². The molecule has 1 aliphatic rings. The Balaban J connectivity index is 1.72. The van der Waals surface area contributed by atoms with Crippen LogP contribution in [0.15, 0.2) is 76.8 Å². The van der Waals surface area contributed by atoms with Crippen LogP contribution in [-0.2, 0) is 9.59 Å². The Morgan fingerprint density at radius 2 is 1.71 bits per heavy atom. The number of ether oxygens (including phenoxy) is 2. The highest BCUT2D eigenvalue weighted by atomic mass is 79.9. The molecule has 1 amide bonds. The predicted molar refractivity (Wildman–Crippen MR) is 135 cm³/mol. The van der Waals surface area contributed by atoms with E-state index in [-0.39, 0.29) is 17.3 Å². The lowest BCUT2D eigenvalue weighted by molar-refractivity contribution is -0.132. The summed E-state index contributed by atoms with van der Waals surface area (Å²) in [7, 11) is 3.09. The van der Waals surface area contributed by atoms with Crippen LogP contribution in [0.25, 0.3) is 16.8 Å². The van der Waals surface area contributed by atoms with Crippen molar-refractivity contribution in [3.8, 4) is 11.5 Å². The van der Waals surface area contributed by atoms with Crippen molar-refractivity contribution < 1.29 is 24.2 Å². The minimum atomic E-state index is -0.934. The van der Waals surface area contributed by atoms with Gasteiger partial charge in [-0.1, -0.05) is 40.2 Å². The summed E-state index contributed by atoms with van der Waals surface area (Å²) in [5, 5.41) is 11.2. The van der Waals surface area contributed by atoms with Gasteiger partial charge < -0.3 is 19.6 Å². The lowest BCUT2D eigenvalue weighted by Gasteiger charge is -2.23. The lowest BCUT2D eigenvalue weighted by atomic mass is 9.95. The molecule has 5 rings (SSSR count). The van der Waals surface area contributed by atoms with Crippen LogP contribution in [0.4, 0.5) is 5.95 Å². The number of amides is 1. The van der Waals surface area contributed by atoms with Crippen LogP contribution in [0.2, 0.25) is 0 Å². The third kappa shape index (κ3) is 3.93. The molecule has 1 aliphatic heterocycles. The van der Waals surface area contributed by atoms with Crippen molar-refractivity contribution in [3.63, 3.8) is 0 Å². The number of aliphatic hydroxyl groups is 1. The van der Waals surface area contributed by atoms with Gasteiger partial charge in [-0.05, 0) is 42.0 Å². The van der Waals surface area contributed by atoms with E-state index < -0.39 is 17.7 Å². The first-order valence-corrected chi connectivity index (χ1v) is 11.4. The quantitative estimate of drug-likeness (QED) is 0.213. The fourth-order valence-corrected chi connectivity index (χ4v) is 4.42. The zero-order valence-electron chi connectivity index (χ0n) is 18.8. The lowest BCUT2D eigenvalue weighted by Crippen LogP contribution is -2.30. The minimum Gasteiger partial charge on any atom is -0.507 e. The number of anilines is 1. The predicted octanol–water partition coefficient (Wildman–Crippen LogP) is 4.97. The number of nitrogens with one attached hydrogen (secondary N) is 1. The molecular formula is C26H20BrN3O5. The molecule has 9 heteroatoms. The van der Waals surface area contributed by atoms with Crippen molar-refractivity contribution in [1.82, 2.24) is 9.97 Å². The molecule has 0 bridgehead atoms. The highest BCUT2D eigenvalue weighted by Gasteiger charge is 2.48. The van der Waals surface area contributed by atoms with Gasteiger partial charge in [-0.25, -0.2) is 4.98 Å². The summed E-state index contributed by atoms with van der Waals surface area (Å²) < 4.78 is 11.5. The van der Waals surface area contributed by atoms with Crippen molar-refractivity contribution in [1.29, 1.82) is 0 Å². The second-order valence-electron chi connectivity index (χ2n) is 7.90. The number of Topliss-reactive ketones (excluding diaryl/α,β-unsaturated/α-hetero) is 1. The van der Waals surface area contributed by atoms with E-state index in [2.05, 4.69) is 25.9 Å². The fourth-order valence-electron chi connectivity index (χ4n) is 4.16. The molecule has 0 saturated carbocycles. The number of aliphatic hydroxyl groups excluding tert-OH is 1. The number of imidazole rings is 1. The maximum Gasteiger partial charge on any atom is 0.302 e. The van der Waals surface area contributed by atoms with Gasteiger partial charge >= 0.3 is 5.91 Å². The van der Waals surface area contributed by atoms with E-state index in [1.54, 1.807) is 73.8 Å². The molecule has 3 aromatic carbocycles. The first-order chi connectivity index (χ1) is 16.9. The number of rotatable bonds is 5. The largest absolute Gasteiger partial charge is 0.507 e. The van der Waals surface area contributed by atoms with Crippen molar-refractivity contribution in [3.05, 3.63) is 87.9 Å². The SMILES string of the molecule is COc1cccc(C2/C(=C(\O)c3ccc(Br)cc3)C(=O)C(=O)N2c2nc3ccc(OC)cc3[nH]2)c1. The number of carbonyl (C=O) groups excluding carboxylic acids is 2. The van der Waals surface area contributed by atoms with E-state index in [4.69, 9.17) is 9.47 Å². The van der Waals surface area contributed by atoms with E-state index in [0.29, 0.717) is 33.7 Å². The van der Waals surface area contributed by atoms with Crippen molar-refractivity contribution >= 4 is 50.4 Å². The fraction of sp³-hybridized carbons (Fsp3) is 0.115. The molecule has 1 aromatic heterocycles. The monoisotopic (exact) mass is 533 g/mol. The van der Waals surface area contributed by atoms with E-state index in [0.717, 1.165) is 4.47 Å². The van der Waals surface area contributed by atoms with Gasteiger partial charge in [0, 0.05) is 16.1 Å². The summed E-state index contributed by atoms with van der Waals surface area (Å²) in [4.78, 5) is 35.6. The van der Waals surface area contributed by atoms with Crippen molar-refractivity contribution in [2.45, 2.75) is 6.04 Å². The first kappa shape index (κ1) is 22.7. The van der Waals surface area contributed by atoms with E-state index in [1.807, 2.05) is 0 Å². The summed E-state index contributed by atoms with van der Waals surface area (Å²) in [5.74, 6) is -0.541. The standard InChI is InChI=1S/C26H20BrN3O5/c1-34-17-5-3-4-15(12-17)22-21(23(31)14-6-8-16(27)9-7-14)24(32)25(33)30(22)26-28-19-11-10-18(35-2)13-20(19)29-26/h3-13,22,31H,1-2H3,(H,28,29)/b23-21+. The van der Waals surface area contributed by atoms with Gasteiger partial charge in [0.1, 0.15) is 17.3 Å². The number of hydrogen-bond acceptors (Lipinski definition) is 6. The van der Waals surface area contributed by atoms with Gasteiger partial charge in [-0.3, -0.25) is 14.5 Å². The van der Waals surface area contributed by atoms with Crippen LogP contribution in [-0.4, -0.2) is 41.0 Å². The van der Waals surface area contributed by atoms with Gasteiger partial charge in [0.05, 0.1) is 36.9 Å². The number of aromatic amines is 1. The Morgan fingerprint density at radius 1 is 1.00 bits per heavy atom. The van der Waals surface area contributed by atoms with Crippen molar-refractivity contribution in [2.24, 2.45) is 0 Å². The summed E-state index contributed by atoms with van der Waals surface area (Å²) in [6.07, 6.45) is 0. The van der Waals surface area contributed by atoms with Crippen LogP contribution in [0, 0.1) is 0 Å². The first-order valence-electron chi connectivity index (χ1n) is 10.7. The van der Waals surface area contributed by atoms with E-state index in [9.17, 15) is 14.7 Å². The van der Waals surface area contributed by atoms with Crippen LogP contribution < -0.4 is 14.4 Å². The molecule has 1 saturated heterocycles. The molecule has 8 nitrogen and oxygen atoms in total. The summed E-state index contributed by atoms with van der Waals surface area (Å²) in [6, 6.07) is 18.2. The second kappa shape index (κ2) is 8.92. The maximum absolute atomic E-state index is 13.4. The third-order valence-electron chi connectivity index (χ3n) is 5.88. The highest BCUT2D eigenvalue weighted by molar-refractivity contribution is 9.10. The number of halogens is 1. The molecule has 2 heterocycles. The van der Waals surface area contributed by atoms with Crippen LogP contribution in [0.1, 0.15) is 17.2 Å².